The molecule has 8 heteroatoms. The van der Waals surface area contributed by atoms with E-state index in [1.807, 2.05) is 43.0 Å². The van der Waals surface area contributed by atoms with Crippen molar-refractivity contribution in [3.05, 3.63) is 41.3 Å². The van der Waals surface area contributed by atoms with Crippen LogP contribution in [0.3, 0.4) is 0 Å². The van der Waals surface area contributed by atoms with Crippen molar-refractivity contribution in [3.8, 4) is 11.5 Å². The van der Waals surface area contributed by atoms with Crippen LogP contribution in [0.5, 0.6) is 0 Å². The summed E-state index contributed by atoms with van der Waals surface area (Å²) in [5.74, 6) is 0.352. The summed E-state index contributed by atoms with van der Waals surface area (Å²) in [6.07, 6.45) is 2.66. The molecule has 1 heterocycles. The molecule has 0 radical (unpaired) electrons. The van der Waals surface area contributed by atoms with Crippen LogP contribution in [0.25, 0.3) is 11.5 Å². The number of aryl methyl sites for hydroxylation is 2. The Labute approximate surface area is 197 Å². The smallest absolute Gasteiger partial charge is 0.335 e. The van der Waals surface area contributed by atoms with Crippen molar-refractivity contribution in [1.82, 2.24) is 4.98 Å². The van der Waals surface area contributed by atoms with Gasteiger partial charge in [-0.25, -0.2) is 9.78 Å². The number of alkyl halides is 1. The summed E-state index contributed by atoms with van der Waals surface area (Å²) >= 11 is 2.15. The minimum Gasteiger partial charge on any atom is -0.479 e. The van der Waals surface area contributed by atoms with E-state index in [9.17, 15) is 4.79 Å². The predicted molar refractivity (Wildman–Crippen MR) is 127 cm³/mol. The summed E-state index contributed by atoms with van der Waals surface area (Å²) in [7, 11) is 1.38. The molecule has 0 spiro atoms. The first kappa shape index (κ1) is 25.8. The minimum absolute atomic E-state index is 0.0213. The van der Waals surface area contributed by atoms with Crippen LogP contribution in [0, 0.1) is 13.8 Å². The number of nitrogens with zero attached hydrogens (tertiary/aromatic N) is 1. The molecule has 1 aliphatic rings. The molecule has 3 atom stereocenters. The van der Waals surface area contributed by atoms with E-state index < -0.39 is 12.1 Å². The maximum atomic E-state index is 11.0. The molecule has 2 aromatic rings. The van der Waals surface area contributed by atoms with Crippen molar-refractivity contribution in [1.29, 1.82) is 0 Å². The van der Waals surface area contributed by atoms with Gasteiger partial charge >= 0.3 is 5.97 Å². The lowest BCUT2D eigenvalue weighted by atomic mass is 9.95. The molecule has 3 rings (SSSR count). The molecular weight excluding hydrogens is 513 g/mol. The normalized spacial score (nSPS) is 19.4. The first-order valence-electron chi connectivity index (χ1n) is 10.4. The van der Waals surface area contributed by atoms with Gasteiger partial charge in [-0.1, -0.05) is 40.3 Å². The summed E-state index contributed by atoms with van der Waals surface area (Å²) in [4.78, 5) is 17.6. The van der Waals surface area contributed by atoms with Crippen molar-refractivity contribution >= 4 is 28.6 Å². The molecule has 0 saturated heterocycles. The molecule has 0 amide bonds. The van der Waals surface area contributed by atoms with E-state index in [0.717, 1.165) is 48.3 Å². The van der Waals surface area contributed by atoms with Crippen LogP contribution >= 0.6 is 22.6 Å². The van der Waals surface area contributed by atoms with Crippen LogP contribution in [0.2, 0.25) is 0 Å². The number of aliphatic carboxylic acids is 1. The van der Waals surface area contributed by atoms with Crippen molar-refractivity contribution in [3.63, 3.8) is 0 Å². The Morgan fingerprint density at radius 2 is 1.97 bits per heavy atom. The highest BCUT2D eigenvalue weighted by Gasteiger charge is 2.26. The van der Waals surface area contributed by atoms with Crippen molar-refractivity contribution in [2.45, 2.75) is 64.4 Å². The summed E-state index contributed by atoms with van der Waals surface area (Å²) in [6, 6.07) is 8.05. The Morgan fingerprint density at radius 3 is 2.61 bits per heavy atom. The number of methoxy groups -OCH3 is 1. The second-order valence-electron chi connectivity index (χ2n) is 7.51. The van der Waals surface area contributed by atoms with E-state index >= 15 is 0 Å². The zero-order valence-electron chi connectivity index (χ0n) is 18.6. The highest BCUT2D eigenvalue weighted by Crippen LogP contribution is 2.27. The first-order chi connectivity index (χ1) is 15.0. The topological polar surface area (TPSA) is 91.0 Å². The number of carboxylic acids is 1. The average Bonchev–Trinajstić information content (AvgIpc) is 3.15. The van der Waals surface area contributed by atoms with Gasteiger partial charge in [0.05, 0.1) is 25.4 Å². The molecule has 1 saturated carbocycles. The number of rotatable bonds is 9. The summed E-state index contributed by atoms with van der Waals surface area (Å²) in [5.41, 5.74) is 2.91. The monoisotopic (exact) mass is 545 g/mol. The van der Waals surface area contributed by atoms with E-state index in [2.05, 4.69) is 27.6 Å². The minimum atomic E-state index is -1.01. The zero-order chi connectivity index (χ0) is 22.8. The number of carbonyl (C=O) groups is 1. The summed E-state index contributed by atoms with van der Waals surface area (Å²) < 4.78 is 22.6. The van der Waals surface area contributed by atoms with Crippen LogP contribution in [0.4, 0.5) is 0 Å². The summed E-state index contributed by atoms with van der Waals surface area (Å²) in [6.45, 7) is 4.37. The number of aromatic nitrogens is 1. The van der Waals surface area contributed by atoms with Gasteiger partial charge in [0.2, 0.25) is 5.89 Å². The molecule has 1 aliphatic carbocycles. The lowest BCUT2D eigenvalue weighted by Gasteiger charge is -2.29. The largest absolute Gasteiger partial charge is 0.479 e. The fraction of sp³-hybridized carbons (Fsp3) is 0.565. The second-order valence-corrected chi connectivity index (χ2v) is 7.51. The third-order valence-electron chi connectivity index (χ3n) is 5.23. The van der Waals surface area contributed by atoms with E-state index in [0.29, 0.717) is 12.5 Å². The van der Waals surface area contributed by atoms with Gasteiger partial charge in [-0.3, -0.25) is 0 Å². The quantitative estimate of drug-likeness (QED) is 0.352. The van der Waals surface area contributed by atoms with Crippen molar-refractivity contribution in [2.24, 2.45) is 0 Å². The Hall–Kier alpha value is -1.49. The molecule has 1 aromatic heterocycles. The van der Waals surface area contributed by atoms with Crippen LogP contribution in [0.1, 0.15) is 42.7 Å². The number of hydrogen-bond acceptors (Lipinski definition) is 6. The predicted octanol–water partition coefficient (Wildman–Crippen LogP) is 4.95. The van der Waals surface area contributed by atoms with E-state index in [1.54, 1.807) is 0 Å². The van der Waals surface area contributed by atoms with E-state index in [4.69, 9.17) is 23.7 Å². The average molecular weight is 545 g/mol. The Bertz CT molecular complexity index is 824. The van der Waals surface area contributed by atoms with Gasteiger partial charge in [0.15, 0.2) is 6.10 Å². The van der Waals surface area contributed by atoms with Gasteiger partial charge in [0, 0.05) is 12.7 Å². The SMILES string of the molecule is CI.COC(CO[C@@H]1CCC[C@H](OCc2nc(-c3cccc(C)c3)oc2C)C1)C(=O)O. The maximum absolute atomic E-state index is 11.0. The molecule has 0 aliphatic heterocycles. The van der Waals surface area contributed by atoms with E-state index in [1.165, 1.54) is 7.11 Å². The Balaban J connectivity index is 0.00000166. The lowest BCUT2D eigenvalue weighted by Crippen LogP contribution is -2.34. The van der Waals surface area contributed by atoms with E-state index in [-0.39, 0.29) is 18.8 Å². The molecule has 31 heavy (non-hydrogen) atoms. The maximum Gasteiger partial charge on any atom is 0.335 e. The van der Waals surface area contributed by atoms with Gasteiger partial charge in [-0.2, -0.15) is 0 Å². The van der Waals surface area contributed by atoms with Gasteiger partial charge in [0.1, 0.15) is 11.5 Å². The van der Waals surface area contributed by atoms with Crippen molar-refractivity contribution in [2.75, 3.05) is 18.6 Å². The van der Waals surface area contributed by atoms with Crippen LogP contribution < -0.4 is 0 Å². The Kier molecular flexibility index (Phi) is 10.9. The molecular formula is C23H32INO6. The molecule has 1 fully saturated rings. The molecule has 7 nitrogen and oxygen atoms in total. The van der Waals surface area contributed by atoms with Crippen LogP contribution in [-0.4, -0.2) is 53.0 Å². The molecule has 172 valence electrons. The van der Waals surface area contributed by atoms with Crippen LogP contribution in [0.15, 0.2) is 28.7 Å². The van der Waals surface area contributed by atoms with Gasteiger partial charge in [0.25, 0.3) is 0 Å². The highest BCUT2D eigenvalue weighted by atomic mass is 127. The van der Waals surface area contributed by atoms with Crippen LogP contribution in [-0.2, 0) is 25.6 Å². The highest BCUT2D eigenvalue weighted by molar-refractivity contribution is 14.1. The third kappa shape index (κ3) is 7.85. The number of ether oxygens (including phenoxy) is 3. The number of halogens is 1. The molecule has 1 unspecified atom stereocenters. The second kappa shape index (κ2) is 13.1. The standard InChI is InChI=1S/C22H29NO6.CH3I/c1-14-6-4-7-16(10-14)21-23-19(15(2)29-21)12-27-17-8-5-9-18(11-17)28-13-20(26-3)22(24)25;1-2/h4,6-7,10,17-18,20H,5,8-9,11-13H2,1-3H3,(H,24,25);1H3/t17-,18+,20?;/m0./s1. The number of hydrogen-bond donors (Lipinski definition) is 1. The molecule has 0 bridgehead atoms. The summed E-state index contributed by atoms with van der Waals surface area (Å²) in [5, 5.41) is 9.04. The molecule has 1 aromatic carbocycles. The third-order valence-corrected chi connectivity index (χ3v) is 5.23. The fourth-order valence-electron chi connectivity index (χ4n) is 3.53. The van der Waals surface area contributed by atoms with Crippen molar-refractivity contribution < 1.29 is 28.5 Å². The number of carboxylic acid groups (broad SMARTS) is 1. The lowest BCUT2D eigenvalue weighted by molar-refractivity contribution is -0.155. The number of oxazole rings is 1. The fourth-order valence-corrected chi connectivity index (χ4v) is 3.53. The van der Waals surface area contributed by atoms with Gasteiger partial charge in [-0.05, 0) is 56.6 Å². The van der Waals surface area contributed by atoms with Gasteiger partial charge < -0.3 is 23.7 Å². The number of benzene rings is 1. The Morgan fingerprint density at radius 1 is 1.26 bits per heavy atom. The first-order valence-corrected chi connectivity index (χ1v) is 12.5. The molecule has 1 N–H and O–H groups in total. The van der Waals surface area contributed by atoms with Gasteiger partial charge in [-0.15, -0.1) is 0 Å². The zero-order valence-corrected chi connectivity index (χ0v) is 20.8.